The van der Waals surface area contributed by atoms with Gasteiger partial charge in [-0.1, -0.05) is 71.7 Å². The fraction of sp³-hybridized carbons (Fsp3) is 0.184. The van der Waals surface area contributed by atoms with Crippen molar-refractivity contribution in [1.29, 1.82) is 0 Å². The van der Waals surface area contributed by atoms with Crippen LogP contribution in [-0.2, 0) is 11.3 Å². The smallest absolute Gasteiger partial charge is 0.337 e. The lowest BCUT2D eigenvalue weighted by molar-refractivity contribution is 0.0600. The van der Waals surface area contributed by atoms with Gasteiger partial charge in [0.25, 0.3) is 5.91 Å². The second-order valence-corrected chi connectivity index (χ2v) is 13.1. The van der Waals surface area contributed by atoms with Gasteiger partial charge in [0.05, 0.1) is 36.4 Å². The molecule has 10 heteroatoms. The van der Waals surface area contributed by atoms with Crippen LogP contribution < -0.4 is 5.32 Å². The van der Waals surface area contributed by atoms with Crippen LogP contribution >= 0.6 is 23.2 Å². The minimum atomic E-state index is -0.470. The van der Waals surface area contributed by atoms with Crippen molar-refractivity contribution in [3.05, 3.63) is 129 Å². The molecule has 0 saturated carbocycles. The van der Waals surface area contributed by atoms with Crippen molar-refractivity contribution < 1.29 is 14.3 Å². The number of aromatic amines is 1. The summed E-state index contributed by atoms with van der Waals surface area (Å²) in [5, 5.41) is 5.25. The van der Waals surface area contributed by atoms with Crippen molar-refractivity contribution >= 4 is 51.7 Å². The molecule has 1 amide bonds. The van der Waals surface area contributed by atoms with Gasteiger partial charge in [-0.15, -0.1) is 0 Å². The third-order valence-corrected chi connectivity index (χ3v) is 9.80. The van der Waals surface area contributed by atoms with Crippen molar-refractivity contribution in [3.63, 3.8) is 0 Å². The Hall–Kier alpha value is -4.89. The summed E-state index contributed by atoms with van der Waals surface area (Å²) in [4.78, 5) is 37.8. The predicted molar refractivity (Wildman–Crippen MR) is 189 cm³/mol. The maximum Gasteiger partial charge on any atom is 0.337 e. The monoisotopic (exact) mass is 675 g/mol. The van der Waals surface area contributed by atoms with E-state index >= 15 is 0 Å². The Morgan fingerprint density at radius 1 is 0.958 bits per heavy atom. The maximum atomic E-state index is 14.5. The first-order chi connectivity index (χ1) is 23.4. The predicted octanol–water partition coefficient (Wildman–Crippen LogP) is 8.59. The standard InChI is InChI=1S/C38H31Cl2N5O3/c1-48-38(47)24-9-10-25(20-44-15-5-6-16-44)29(17-24)43-37(46)34-32-31-28(18-27(40)19-30(31)42-34)35(23-11-13-26(39)14-12-23)45-21-41-33(36(32)45)22-7-3-2-4-8-22/h2-4,7-14,17-19,21,35,42H,5-6,15-16,20H2,1H3,(H,43,46)/t35-/m1/s1. The zero-order chi connectivity index (χ0) is 32.9. The number of likely N-dealkylation sites (tertiary alicyclic amines) is 1. The summed E-state index contributed by atoms with van der Waals surface area (Å²) in [6.07, 6.45) is 4.11. The Kier molecular flexibility index (Phi) is 7.79. The van der Waals surface area contributed by atoms with Crippen LogP contribution in [0.5, 0.6) is 0 Å². The number of imidazole rings is 1. The molecule has 0 unspecified atom stereocenters. The van der Waals surface area contributed by atoms with Crippen LogP contribution in [0.4, 0.5) is 5.69 Å². The molecule has 1 fully saturated rings. The largest absolute Gasteiger partial charge is 0.465 e. The molecule has 2 aromatic heterocycles. The number of H-pyrrole nitrogens is 1. The fourth-order valence-electron chi connectivity index (χ4n) is 7.14. The van der Waals surface area contributed by atoms with Crippen molar-refractivity contribution in [1.82, 2.24) is 19.4 Å². The van der Waals surface area contributed by atoms with Gasteiger partial charge in [-0.3, -0.25) is 9.69 Å². The lowest BCUT2D eigenvalue weighted by Crippen LogP contribution is -2.22. The van der Waals surface area contributed by atoms with E-state index in [1.165, 1.54) is 7.11 Å². The highest BCUT2D eigenvalue weighted by Gasteiger charge is 2.36. The fourth-order valence-corrected chi connectivity index (χ4v) is 7.49. The zero-order valence-corrected chi connectivity index (χ0v) is 27.6. The van der Waals surface area contributed by atoms with Gasteiger partial charge in [0.2, 0.25) is 0 Å². The first-order valence-corrected chi connectivity index (χ1v) is 16.6. The third kappa shape index (κ3) is 5.26. The Morgan fingerprint density at radius 2 is 1.73 bits per heavy atom. The number of benzene rings is 4. The van der Waals surface area contributed by atoms with E-state index in [2.05, 4.69) is 19.8 Å². The quantitative estimate of drug-likeness (QED) is 0.165. The van der Waals surface area contributed by atoms with Gasteiger partial charge in [0.15, 0.2) is 0 Å². The van der Waals surface area contributed by atoms with E-state index in [0.717, 1.165) is 76.0 Å². The number of methoxy groups -OCH3 is 1. The number of amides is 1. The number of anilines is 1. The number of halogens is 2. The summed E-state index contributed by atoms with van der Waals surface area (Å²) >= 11 is 13.1. The van der Waals surface area contributed by atoms with E-state index in [-0.39, 0.29) is 11.9 Å². The Bertz CT molecular complexity index is 2200. The molecule has 4 aromatic carbocycles. The number of carbonyl (C=O) groups excluding carboxylic acids is 2. The van der Waals surface area contributed by atoms with Gasteiger partial charge in [-0.05, 0) is 79.0 Å². The Morgan fingerprint density at radius 3 is 2.48 bits per heavy atom. The molecule has 2 N–H and O–H groups in total. The highest BCUT2D eigenvalue weighted by Crippen LogP contribution is 2.49. The number of ether oxygens (including phenoxy) is 1. The number of nitrogens with zero attached hydrogens (tertiary/aromatic N) is 3. The van der Waals surface area contributed by atoms with Crippen molar-refractivity contribution in [2.45, 2.75) is 25.4 Å². The highest BCUT2D eigenvalue weighted by atomic mass is 35.5. The number of rotatable bonds is 7. The van der Waals surface area contributed by atoms with Crippen molar-refractivity contribution in [2.75, 3.05) is 25.5 Å². The van der Waals surface area contributed by atoms with Crippen LogP contribution in [0, 0.1) is 0 Å². The molecule has 0 bridgehead atoms. The number of nitrogens with one attached hydrogen (secondary N) is 2. The number of fused-ring (bicyclic) bond motifs is 2. The second kappa shape index (κ2) is 12.3. The molecule has 0 radical (unpaired) electrons. The number of esters is 1. The van der Waals surface area contributed by atoms with Gasteiger partial charge < -0.3 is 19.6 Å². The highest BCUT2D eigenvalue weighted by molar-refractivity contribution is 6.32. The first-order valence-electron chi connectivity index (χ1n) is 15.9. The van der Waals surface area contributed by atoms with E-state index in [1.54, 1.807) is 12.1 Å². The molecule has 8 rings (SSSR count). The topological polar surface area (TPSA) is 92.2 Å². The van der Waals surface area contributed by atoms with Gasteiger partial charge >= 0.3 is 5.97 Å². The third-order valence-electron chi connectivity index (χ3n) is 9.33. The van der Waals surface area contributed by atoms with Crippen LogP contribution in [0.15, 0.2) is 91.3 Å². The number of carbonyl (C=O) groups is 2. The molecule has 0 spiro atoms. The summed E-state index contributed by atoms with van der Waals surface area (Å²) in [7, 11) is 1.35. The van der Waals surface area contributed by atoms with Gasteiger partial charge in [0, 0.05) is 44.3 Å². The number of hydrogen-bond donors (Lipinski definition) is 2. The molecule has 0 aliphatic carbocycles. The van der Waals surface area contributed by atoms with Crippen molar-refractivity contribution in [2.24, 2.45) is 0 Å². The van der Waals surface area contributed by atoms with Crippen LogP contribution in [0.25, 0.3) is 33.4 Å². The molecule has 1 saturated heterocycles. The molecule has 2 aliphatic heterocycles. The van der Waals surface area contributed by atoms with E-state index < -0.39 is 5.97 Å². The Balaban J connectivity index is 1.31. The molecule has 2 aliphatic rings. The summed E-state index contributed by atoms with van der Waals surface area (Å²) in [6.45, 7) is 2.63. The summed E-state index contributed by atoms with van der Waals surface area (Å²) in [6, 6.07) is 26.6. The molecule has 48 heavy (non-hydrogen) atoms. The molecular weight excluding hydrogens is 645 g/mol. The lowest BCUT2D eigenvalue weighted by atomic mass is 9.88. The molecular formula is C38H31Cl2N5O3. The summed E-state index contributed by atoms with van der Waals surface area (Å²) in [5.74, 6) is -0.812. The number of aromatic nitrogens is 3. The molecule has 8 nitrogen and oxygen atoms in total. The minimum absolute atomic E-state index is 0.272. The summed E-state index contributed by atoms with van der Waals surface area (Å²) < 4.78 is 7.11. The molecule has 4 heterocycles. The average Bonchev–Trinajstić information content (AvgIpc) is 3.86. The molecule has 6 aromatic rings. The van der Waals surface area contributed by atoms with Crippen LogP contribution in [0.3, 0.4) is 0 Å². The lowest BCUT2D eigenvalue weighted by Gasteiger charge is -2.28. The molecule has 240 valence electrons. The second-order valence-electron chi connectivity index (χ2n) is 12.3. The number of hydrogen-bond acceptors (Lipinski definition) is 5. The van der Waals surface area contributed by atoms with E-state index in [1.807, 2.05) is 79.1 Å². The van der Waals surface area contributed by atoms with E-state index in [0.29, 0.717) is 33.5 Å². The van der Waals surface area contributed by atoms with E-state index in [9.17, 15) is 9.59 Å². The normalized spacial score (nSPS) is 15.4. The van der Waals surface area contributed by atoms with Gasteiger partial charge in [-0.2, -0.15) is 0 Å². The first kappa shape index (κ1) is 30.4. The van der Waals surface area contributed by atoms with E-state index in [4.69, 9.17) is 32.9 Å². The SMILES string of the molecule is COC(=O)c1ccc(CN2CCCC2)c(NC(=O)c2[nH]c3cc(Cl)cc4c3c2-c2c(-c3ccccc3)ncn2[C@@H]4c2ccc(Cl)cc2)c1. The minimum Gasteiger partial charge on any atom is -0.465 e. The maximum absolute atomic E-state index is 14.5. The van der Waals surface area contributed by atoms with Crippen LogP contribution in [-0.4, -0.2) is 51.5 Å². The van der Waals surface area contributed by atoms with Crippen LogP contribution in [0.2, 0.25) is 10.0 Å². The van der Waals surface area contributed by atoms with Crippen molar-refractivity contribution in [3.8, 4) is 22.5 Å². The summed E-state index contributed by atoms with van der Waals surface area (Å²) in [5.41, 5.74) is 8.14. The zero-order valence-electron chi connectivity index (χ0n) is 26.1. The molecule has 1 atom stereocenters. The van der Waals surface area contributed by atoms with Gasteiger partial charge in [0.1, 0.15) is 5.69 Å². The van der Waals surface area contributed by atoms with Crippen LogP contribution in [0.1, 0.15) is 56.4 Å². The van der Waals surface area contributed by atoms with Gasteiger partial charge in [-0.25, -0.2) is 9.78 Å². The average molecular weight is 677 g/mol. The Labute approximate surface area is 287 Å².